The van der Waals surface area contributed by atoms with Crippen LogP contribution in [-0.2, 0) is 0 Å². The van der Waals surface area contributed by atoms with Crippen molar-refractivity contribution in [3.63, 3.8) is 0 Å². The van der Waals surface area contributed by atoms with Crippen LogP contribution in [0.25, 0.3) is 0 Å². The van der Waals surface area contributed by atoms with E-state index in [4.69, 9.17) is 9.15 Å². The highest BCUT2D eigenvalue weighted by Crippen LogP contribution is 2.17. The van der Waals surface area contributed by atoms with Gasteiger partial charge in [0.1, 0.15) is 11.5 Å². The summed E-state index contributed by atoms with van der Waals surface area (Å²) in [5.74, 6) is 1.59. The molecular weight excluding hydrogens is 254 g/mol. The zero-order chi connectivity index (χ0) is 14.4. The number of unbranched alkanes of at least 4 members (excludes halogenated alkanes) is 1. The third-order valence-electron chi connectivity index (χ3n) is 2.84. The average Bonchev–Trinajstić information content (AvgIpc) is 2.88. The van der Waals surface area contributed by atoms with Crippen molar-refractivity contribution in [2.75, 3.05) is 11.9 Å². The van der Waals surface area contributed by atoms with Crippen LogP contribution in [0.3, 0.4) is 0 Å². The fourth-order valence-electron chi connectivity index (χ4n) is 1.72. The van der Waals surface area contributed by atoms with Gasteiger partial charge in [-0.1, -0.05) is 13.3 Å². The summed E-state index contributed by atoms with van der Waals surface area (Å²) in [5, 5.41) is 2.78. The second kappa shape index (κ2) is 6.80. The van der Waals surface area contributed by atoms with Gasteiger partial charge >= 0.3 is 0 Å². The van der Waals surface area contributed by atoms with Crippen molar-refractivity contribution < 1.29 is 13.9 Å². The van der Waals surface area contributed by atoms with Crippen LogP contribution >= 0.6 is 0 Å². The lowest BCUT2D eigenvalue weighted by Gasteiger charge is -2.07. The minimum absolute atomic E-state index is 0.252. The Morgan fingerprint density at radius 3 is 2.55 bits per heavy atom. The molecule has 0 aliphatic heterocycles. The van der Waals surface area contributed by atoms with Crippen LogP contribution in [-0.4, -0.2) is 12.5 Å². The molecule has 0 saturated heterocycles. The largest absolute Gasteiger partial charge is 0.494 e. The molecule has 4 heteroatoms. The lowest BCUT2D eigenvalue weighted by molar-refractivity contribution is 0.0995. The number of nitrogens with one attached hydrogen (secondary N) is 1. The second-order valence-corrected chi connectivity index (χ2v) is 4.59. The van der Waals surface area contributed by atoms with Crippen LogP contribution in [0.4, 0.5) is 5.69 Å². The minimum Gasteiger partial charge on any atom is -0.494 e. The van der Waals surface area contributed by atoms with E-state index in [9.17, 15) is 4.79 Å². The van der Waals surface area contributed by atoms with Gasteiger partial charge in [-0.25, -0.2) is 0 Å². The van der Waals surface area contributed by atoms with Gasteiger partial charge in [0.05, 0.1) is 6.61 Å². The van der Waals surface area contributed by atoms with E-state index in [1.165, 1.54) is 0 Å². The zero-order valence-electron chi connectivity index (χ0n) is 11.8. The fraction of sp³-hybridized carbons (Fsp3) is 0.312. The average molecular weight is 273 g/mol. The van der Waals surface area contributed by atoms with Gasteiger partial charge in [0.2, 0.25) is 0 Å². The molecular formula is C16H19NO3. The SMILES string of the molecule is CCCCOc1ccc(NC(=O)c2ccc(C)o2)cc1. The Kier molecular flexibility index (Phi) is 4.82. The number of carbonyl (C=O) groups is 1. The van der Waals surface area contributed by atoms with Crippen molar-refractivity contribution in [2.45, 2.75) is 26.7 Å². The van der Waals surface area contributed by atoms with Crippen molar-refractivity contribution in [1.29, 1.82) is 0 Å². The van der Waals surface area contributed by atoms with E-state index in [2.05, 4.69) is 12.2 Å². The van der Waals surface area contributed by atoms with Crippen molar-refractivity contribution in [3.05, 3.63) is 47.9 Å². The van der Waals surface area contributed by atoms with Crippen molar-refractivity contribution in [3.8, 4) is 5.75 Å². The summed E-state index contributed by atoms with van der Waals surface area (Å²) in [6.07, 6.45) is 2.15. The predicted molar refractivity (Wildman–Crippen MR) is 78.2 cm³/mol. The molecule has 0 aliphatic carbocycles. The molecule has 106 valence electrons. The lowest BCUT2D eigenvalue weighted by Crippen LogP contribution is -2.10. The van der Waals surface area contributed by atoms with Crippen LogP contribution in [0, 0.1) is 6.92 Å². The number of hydrogen-bond donors (Lipinski definition) is 1. The third kappa shape index (κ3) is 3.88. The number of benzene rings is 1. The molecule has 1 aromatic heterocycles. The van der Waals surface area contributed by atoms with Crippen LogP contribution in [0.15, 0.2) is 40.8 Å². The van der Waals surface area contributed by atoms with E-state index in [-0.39, 0.29) is 5.91 Å². The van der Waals surface area contributed by atoms with Crippen LogP contribution in [0.1, 0.15) is 36.1 Å². The van der Waals surface area contributed by atoms with Gasteiger partial charge < -0.3 is 14.5 Å². The molecule has 0 fully saturated rings. The summed E-state index contributed by atoms with van der Waals surface area (Å²) >= 11 is 0. The molecule has 0 radical (unpaired) electrons. The van der Waals surface area contributed by atoms with E-state index in [1.54, 1.807) is 19.1 Å². The normalized spacial score (nSPS) is 10.3. The smallest absolute Gasteiger partial charge is 0.291 e. The molecule has 0 saturated carbocycles. The summed E-state index contributed by atoms with van der Waals surface area (Å²) in [6.45, 7) is 4.64. The molecule has 0 unspecified atom stereocenters. The maximum absolute atomic E-state index is 11.9. The van der Waals surface area contributed by atoms with Crippen molar-refractivity contribution in [1.82, 2.24) is 0 Å². The molecule has 0 spiro atoms. The quantitative estimate of drug-likeness (QED) is 0.809. The zero-order valence-corrected chi connectivity index (χ0v) is 11.8. The molecule has 1 aromatic carbocycles. The molecule has 1 amide bonds. The first-order chi connectivity index (χ1) is 9.69. The van der Waals surface area contributed by atoms with Gasteiger partial charge in [-0.05, 0) is 49.7 Å². The Bertz CT molecular complexity index is 557. The summed E-state index contributed by atoms with van der Waals surface area (Å²) in [6, 6.07) is 10.7. The van der Waals surface area contributed by atoms with Crippen LogP contribution in [0.2, 0.25) is 0 Å². The van der Waals surface area contributed by atoms with E-state index in [0.717, 1.165) is 24.4 Å². The first-order valence-electron chi connectivity index (χ1n) is 6.79. The maximum Gasteiger partial charge on any atom is 0.291 e. The first kappa shape index (κ1) is 14.2. The topological polar surface area (TPSA) is 51.5 Å². The molecule has 0 atom stereocenters. The molecule has 1 heterocycles. The highest BCUT2D eigenvalue weighted by molar-refractivity contribution is 6.02. The number of aryl methyl sites for hydroxylation is 1. The maximum atomic E-state index is 11.9. The van der Waals surface area contributed by atoms with E-state index >= 15 is 0 Å². The van der Waals surface area contributed by atoms with Gasteiger partial charge in [0, 0.05) is 5.69 Å². The number of amides is 1. The van der Waals surface area contributed by atoms with Crippen LogP contribution in [0.5, 0.6) is 5.75 Å². The molecule has 1 N–H and O–H groups in total. The summed E-state index contributed by atoms with van der Waals surface area (Å²) in [7, 11) is 0. The summed E-state index contributed by atoms with van der Waals surface area (Å²) < 4.78 is 10.8. The molecule has 20 heavy (non-hydrogen) atoms. The standard InChI is InChI=1S/C16H19NO3/c1-3-4-11-19-14-8-6-13(7-9-14)17-16(18)15-10-5-12(2)20-15/h5-10H,3-4,11H2,1-2H3,(H,17,18). The molecule has 4 nitrogen and oxygen atoms in total. The number of anilines is 1. The van der Waals surface area contributed by atoms with Gasteiger partial charge in [0.25, 0.3) is 5.91 Å². The van der Waals surface area contributed by atoms with Crippen LogP contribution < -0.4 is 10.1 Å². The van der Waals surface area contributed by atoms with Crippen molar-refractivity contribution >= 4 is 11.6 Å². The Hall–Kier alpha value is -2.23. The first-order valence-corrected chi connectivity index (χ1v) is 6.79. The Morgan fingerprint density at radius 2 is 1.95 bits per heavy atom. The molecule has 0 aliphatic rings. The van der Waals surface area contributed by atoms with Crippen molar-refractivity contribution in [2.24, 2.45) is 0 Å². The third-order valence-corrected chi connectivity index (χ3v) is 2.84. The molecule has 2 rings (SSSR count). The van der Waals surface area contributed by atoms with E-state index in [1.807, 2.05) is 24.3 Å². The Morgan fingerprint density at radius 1 is 1.20 bits per heavy atom. The van der Waals surface area contributed by atoms with E-state index < -0.39 is 0 Å². The summed E-state index contributed by atoms with van der Waals surface area (Å²) in [4.78, 5) is 11.9. The number of rotatable bonds is 6. The number of furan rings is 1. The monoisotopic (exact) mass is 273 g/mol. The lowest BCUT2D eigenvalue weighted by atomic mass is 10.3. The second-order valence-electron chi connectivity index (χ2n) is 4.59. The Balaban J connectivity index is 1.91. The number of ether oxygens (including phenoxy) is 1. The predicted octanol–water partition coefficient (Wildman–Crippen LogP) is 4.02. The number of carbonyl (C=O) groups excluding carboxylic acids is 1. The highest BCUT2D eigenvalue weighted by atomic mass is 16.5. The number of hydrogen-bond acceptors (Lipinski definition) is 3. The highest BCUT2D eigenvalue weighted by Gasteiger charge is 2.09. The fourth-order valence-corrected chi connectivity index (χ4v) is 1.72. The summed E-state index contributed by atoms with van der Waals surface area (Å²) in [5.41, 5.74) is 0.715. The Labute approximate surface area is 118 Å². The van der Waals surface area contributed by atoms with Gasteiger partial charge in [0.15, 0.2) is 5.76 Å². The minimum atomic E-state index is -0.252. The van der Waals surface area contributed by atoms with E-state index in [0.29, 0.717) is 18.1 Å². The molecule has 2 aromatic rings. The van der Waals surface area contributed by atoms with Gasteiger partial charge in [-0.15, -0.1) is 0 Å². The van der Waals surface area contributed by atoms with Gasteiger partial charge in [-0.3, -0.25) is 4.79 Å². The van der Waals surface area contributed by atoms with Gasteiger partial charge in [-0.2, -0.15) is 0 Å². The molecule has 0 bridgehead atoms.